The summed E-state index contributed by atoms with van der Waals surface area (Å²) < 4.78 is 5.74. The molecule has 0 spiro atoms. The Morgan fingerprint density at radius 2 is 1.62 bits per heavy atom. The molecule has 10 heteroatoms. The smallest absolute Gasteiger partial charge is 0.329 e. The van der Waals surface area contributed by atoms with Crippen molar-refractivity contribution in [3.63, 3.8) is 0 Å². The highest BCUT2D eigenvalue weighted by molar-refractivity contribution is 6.42. The molecule has 0 bridgehead atoms. The molecule has 0 fully saturated rings. The van der Waals surface area contributed by atoms with Gasteiger partial charge in [-0.1, -0.05) is 64.6 Å². The fraction of sp³-hybridized carbons (Fsp3) is 0.0455. The molecule has 0 aromatic heterocycles. The average molecular weight is 511 g/mol. The highest BCUT2D eigenvalue weighted by Gasteiger charge is 2.14. The first-order valence-corrected chi connectivity index (χ1v) is 10.6. The van der Waals surface area contributed by atoms with Gasteiger partial charge in [-0.05, 0) is 48.0 Å². The van der Waals surface area contributed by atoms with E-state index in [1.54, 1.807) is 48.5 Å². The molecule has 0 heterocycles. The molecule has 3 aromatic rings. The van der Waals surface area contributed by atoms with Gasteiger partial charge in [0.15, 0.2) is 0 Å². The second-order valence-corrected chi connectivity index (χ2v) is 8.06. The van der Waals surface area contributed by atoms with E-state index >= 15 is 0 Å². The topological polar surface area (TPSA) is 79.8 Å². The second-order valence-electron chi connectivity index (χ2n) is 6.37. The van der Waals surface area contributed by atoms with Crippen molar-refractivity contribution >= 4 is 70.1 Å². The van der Waals surface area contributed by atoms with E-state index in [1.165, 1.54) is 18.3 Å². The van der Waals surface area contributed by atoms with Crippen LogP contribution in [0.4, 0.5) is 5.69 Å². The Kier molecular flexibility index (Phi) is 8.36. The molecule has 0 aliphatic carbocycles. The number of hydrogen-bond acceptors (Lipinski definition) is 4. The van der Waals surface area contributed by atoms with E-state index in [9.17, 15) is 9.59 Å². The van der Waals surface area contributed by atoms with E-state index < -0.39 is 11.8 Å². The number of amides is 2. The third kappa shape index (κ3) is 6.87. The zero-order chi connectivity index (χ0) is 23.1. The van der Waals surface area contributed by atoms with Crippen LogP contribution in [0.3, 0.4) is 0 Å². The van der Waals surface area contributed by atoms with Crippen LogP contribution in [0.15, 0.2) is 65.8 Å². The molecule has 32 heavy (non-hydrogen) atoms. The Morgan fingerprint density at radius 3 is 2.41 bits per heavy atom. The van der Waals surface area contributed by atoms with Gasteiger partial charge in [0.2, 0.25) is 0 Å². The van der Waals surface area contributed by atoms with E-state index in [4.69, 9.17) is 51.1 Å². The van der Waals surface area contributed by atoms with Crippen molar-refractivity contribution in [1.29, 1.82) is 0 Å². The lowest BCUT2D eigenvalue weighted by Gasteiger charge is -2.08. The van der Waals surface area contributed by atoms with E-state index in [2.05, 4.69) is 15.8 Å². The fourth-order valence-corrected chi connectivity index (χ4v) is 3.27. The maximum Gasteiger partial charge on any atom is 0.329 e. The summed E-state index contributed by atoms with van der Waals surface area (Å²) in [5, 5.41) is 7.83. The van der Waals surface area contributed by atoms with Gasteiger partial charge in [0.25, 0.3) is 0 Å². The van der Waals surface area contributed by atoms with Crippen molar-refractivity contribution in [3.8, 4) is 5.75 Å². The molecule has 2 N–H and O–H groups in total. The van der Waals surface area contributed by atoms with Crippen LogP contribution in [0.25, 0.3) is 0 Å². The van der Waals surface area contributed by atoms with Crippen molar-refractivity contribution in [1.82, 2.24) is 5.43 Å². The number of hydrogen-bond donors (Lipinski definition) is 2. The highest BCUT2D eigenvalue weighted by atomic mass is 35.5. The number of rotatable bonds is 6. The van der Waals surface area contributed by atoms with Gasteiger partial charge in [-0.25, -0.2) is 5.43 Å². The number of carbonyl (C=O) groups excluding carboxylic acids is 2. The summed E-state index contributed by atoms with van der Waals surface area (Å²) >= 11 is 23.9. The number of nitrogens with one attached hydrogen (secondary N) is 2. The summed E-state index contributed by atoms with van der Waals surface area (Å²) in [5.41, 5.74) is 3.79. The summed E-state index contributed by atoms with van der Waals surface area (Å²) in [6.45, 7) is 0.250. The van der Waals surface area contributed by atoms with Gasteiger partial charge in [-0.2, -0.15) is 5.10 Å². The number of halogens is 4. The first-order chi connectivity index (χ1) is 15.3. The molecule has 6 nitrogen and oxygen atoms in total. The maximum absolute atomic E-state index is 12.0. The predicted octanol–water partition coefficient (Wildman–Crippen LogP) is 5.97. The first-order valence-electron chi connectivity index (χ1n) is 9.08. The van der Waals surface area contributed by atoms with E-state index in [1.807, 2.05) is 0 Å². The second kappa shape index (κ2) is 11.2. The molecule has 0 saturated heterocycles. The van der Waals surface area contributed by atoms with Gasteiger partial charge in [0.1, 0.15) is 12.4 Å². The number of nitrogens with zero attached hydrogens (tertiary/aromatic N) is 1. The largest absolute Gasteiger partial charge is 0.489 e. The minimum absolute atomic E-state index is 0.217. The number of ether oxygens (including phenoxy) is 1. The zero-order valence-electron chi connectivity index (χ0n) is 16.2. The minimum Gasteiger partial charge on any atom is -0.489 e. The highest BCUT2D eigenvalue weighted by Crippen LogP contribution is 2.25. The summed E-state index contributed by atoms with van der Waals surface area (Å²) in [7, 11) is 0. The number of hydrazone groups is 1. The van der Waals surface area contributed by atoms with Gasteiger partial charge in [0, 0.05) is 20.6 Å². The molecule has 0 saturated carbocycles. The number of benzene rings is 3. The summed E-state index contributed by atoms with van der Waals surface area (Å²) in [5.74, 6) is -1.34. The molecule has 2 amide bonds. The molecular weight excluding hydrogens is 496 g/mol. The first kappa shape index (κ1) is 23.9. The van der Waals surface area contributed by atoms with Crippen molar-refractivity contribution < 1.29 is 14.3 Å². The quantitative estimate of drug-likeness (QED) is 0.243. The van der Waals surface area contributed by atoms with Gasteiger partial charge in [-0.3, -0.25) is 9.59 Å². The van der Waals surface area contributed by atoms with Gasteiger partial charge in [0.05, 0.1) is 16.9 Å². The monoisotopic (exact) mass is 509 g/mol. The molecule has 0 radical (unpaired) electrons. The zero-order valence-corrected chi connectivity index (χ0v) is 19.3. The molecule has 0 aliphatic rings. The predicted molar refractivity (Wildman–Crippen MR) is 128 cm³/mol. The summed E-state index contributed by atoms with van der Waals surface area (Å²) in [6, 6.07) is 16.6. The van der Waals surface area contributed by atoms with Crippen LogP contribution in [-0.4, -0.2) is 18.0 Å². The SMILES string of the molecule is O=C(N/N=C/c1cccc(OCc2ccc(Cl)cc2Cl)c1)C(=O)Nc1cc(Cl)ccc1Cl. The number of anilines is 1. The molecule has 164 valence electrons. The van der Waals surface area contributed by atoms with Gasteiger partial charge < -0.3 is 10.1 Å². The molecular formula is C22H15Cl4N3O3. The van der Waals surface area contributed by atoms with E-state index in [-0.39, 0.29) is 17.3 Å². The van der Waals surface area contributed by atoms with Crippen molar-refractivity contribution in [2.45, 2.75) is 6.61 Å². The standard InChI is InChI=1S/C22H15Cl4N3O3/c23-15-5-4-14(19(26)9-15)12-32-17-3-1-2-13(8-17)11-27-29-22(31)21(30)28-20-10-16(24)6-7-18(20)25/h1-11H,12H2,(H,28,30)(H,29,31)/b27-11+. The Morgan fingerprint density at radius 1 is 0.875 bits per heavy atom. The van der Waals surface area contributed by atoms with Crippen LogP contribution in [0, 0.1) is 0 Å². The Bertz CT molecular complexity index is 1180. The summed E-state index contributed by atoms with van der Waals surface area (Å²) in [6.07, 6.45) is 1.37. The normalized spacial score (nSPS) is 10.8. The minimum atomic E-state index is -0.970. The van der Waals surface area contributed by atoms with Crippen LogP contribution in [0.2, 0.25) is 20.1 Å². The molecule has 0 unspecified atom stereocenters. The third-order valence-corrected chi connectivity index (χ3v) is 5.18. The van der Waals surface area contributed by atoms with Gasteiger partial charge in [-0.15, -0.1) is 0 Å². The van der Waals surface area contributed by atoms with Crippen molar-refractivity contribution in [2.75, 3.05) is 5.32 Å². The number of carbonyl (C=O) groups is 2. The molecule has 3 rings (SSSR count). The van der Waals surface area contributed by atoms with Crippen molar-refractivity contribution in [2.24, 2.45) is 5.10 Å². The Labute approximate surface area is 204 Å². The van der Waals surface area contributed by atoms with E-state index in [0.29, 0.717) is 26.4 Å². The average Bonchev–Trinajstić information content (AvgIpc) is 2.76. The van der Waals surface area contributed by atoms with Crippen LogP contribution in [0.5, 0.6) is 5.75 Å². The lowest BCUT2D eigenvalue weighted by Crippen LogP contribution is -2.32. The summed E-state index contributed by atoms with van der Waals surface area (Å²) in [4.78, 5) is 24.0. The fourth-order valence-electron chi connectivity index (χ4n) is 2.47. The maximum atomic E-state index is 12.0. The molecule has 0 aliphatic heterocycles. The van der Waals surface area contributed by atoms with Gasteiger partial charge >= 0.3 is 11.8 Å². The van der Waals surface area contributed by atoms with Crippen LogP contribution < -0.4 is 15.5 Å². The van der Waals surface area contributed by atoms with Crippen LogP contribution in [0.1, 0.15) is 11.1 Å². The lowest BCUT2D eigenvalue weighted by atomic mass is 10.2. The lowest BCUT2D eigenvalue weighted by molar-refractivity contribution is -0.136. The van der Waals surface area contributed by atoms with Crippen molar-refractivity contribution in [3.05, 3.63) is 91.9 Å². The van der Waals surface area contributed by atoms with Crippen LogP contribution >= 0.6 is 46.4 Å². The Hall–Kier alpha value is -2.77. The molecule has 3 aromatic carbocycles. The molecule has 0 atom stereocenters. The Balaban J connectivity index is 1.55. The van der Waals surface area contributed by atoms with E-state index in [0.717, 1.165) is 5.56 Å². The van der Waals surface area contributed by atoms with Crippen LogP contribution in [-0.2, 0) is 16.2 Å². The third-order valence-electron chi connectivity index (χ3n) is 4.03.